The summed E-state index contributed by atoms with van der Waals surface area (Å²) in [6.45, 7) is 1.65. The highest BCUT2D eigenvalue weighted by molar-refractivity contribution is 5.85. The number of phenols is 1. The second-order valence-electron chi connectivity index (χ2n) is 2.79. The van der Waals surface area contributed by atoms with E-state index in [4.69, 9.17) is 5.73 Å². The van der Waals surface area contributed by atoms with Crippen molar-refractivity contribution in [3.05, 3.63) is 33.9 Å². The maximum absolute atomic E-state index is 10.4. The summed E-state index contributed by atoms with van der Waals surface area (Å²) in [5.41, 5.74) is 5.82. The molecule has 1 aromatic rings. The number of hydrogen-bond acceptors (Lipinski definition) is 4. The number of hydrogen-bond donors (Lipinski definition) is 2. The van der Waals surface area contributed by atoms with Gasteiger partial charge in [0.2, 0.25) is 0 Å². The van der Waals surface area contributed by atoms with E-state index in [1.54, 1.807) is 6.92 Å². The number of aromatic hydroxyl groups is 1. The maximum Gasteiger partial charge on any atom is 0.270 e. The number of nitrogens with two attached hydrogens (primary N) is 1. The minimum atomic E-state index is -0.522. The van der Waals surface area contributed by atoms with E-state index in [-0.39, 0.29) is 23.8 Å². The lowest BCUT2D eigenvalue weighted by molar-refractivity contribution is -0.385. The fourth-order valence-corrected chi connectivity index (χ4v) is 1.02. The zero-order valence-electron chi connectivity index (χ0n) is 7.51. The van der Waals surface area contributed by atoms with Crippen LogP contribution >= 0.6 is 12.4 Å². The van der Waals surface area contributed by atoms with E-state index in [0.29, 0.717) is 5.56 Å². The van der Waals surface area contributed by atoms with Crippen LogP contribution < -0.4 is 5.73 Å². The average molecular weight is 219 g/mol. The maximum atomic E-state index is 10.4. The number of rotatable bonds is 2. The summed E-state index contributed by atoms with van der Waals surface area (Å²) in [4.78, 5) is 9.85. The van der Waals surface area contributed by atoms with E-state index in [1.807, 2.05) is 0 Å². The Kier molecular flexibility index (Phi) is 4.33. The largest absolute Gasteiger partial charge is 0.508 e. The van der Waals surface area contributed by atoms with Gasteiger partial charge in [0.15, 0.2) is 0 Å². The lowest BCUT2D eigenvalue weighted by Crippen LogP contribution is -2.05. The predicted octanol–water partition coefficient (Wildman–Crippen LogP) is 1.74. The van der Waals surface area contributed by atoms with Crippen LogP contribution in [0.4, 0.5) is 5.69 Å². The molecule has 0 radical (unpaired) electrons. The molecule has 1 aromatic carbocycles. The van der Waals surface area contributed by atoms with Gasteiger partial charge in [0.05, 0.1) is 4.92 Å². The molecule has 1 rings (SSSR count). The fourth-order valence-electron chi connectivity index (χ4n) is 1.02. The van der Waals surface area contributed by atoms with Crippen LogP contribution in [0.5, 0.6) is 5.75 Å². The van der Waals surface area contributed by atoms with Crippen molar-refractivity contribution >= 4 is 18.1 Å². The van der Waals surface area contributed by atoms with Crippen LogP contribution in [0.15, 0.2) is 18.2 Å². The Morgan fingerprint density at radius 3 is 2.57 bits per heavy atom. The molecule has 0 saturated heterocycles. The van der Waals surface area contributed by atoms with Crippen LogP contribution in [-0.2, 0) is 0 Å². The molecule has 0 bridgehead atoms. The van der Waals surface area contributed by atoms with Crippen molar-refractivity contribution in [1.82, 2.24) is 0 Å². The lowest BCUT2D eigenvalue weighted by atomic mass is 10.1. The summed E-state index contributed by atoms with van der Waals surface area (Å²) in [5, 5.41) is 19.7. The van der Waals surface area contributed by atoms with Gasteiger partial charge in [-0.1, -0.05) is 0 Å². The van der Waals surface area contributed by atoms with Gasteiger partial charge in [0.1, 0.15) is 5.75 Å². The van der Waals surface area contributed by atoms with Crippen molar-refractivity contribution in [2.45, 2.75) is 13.0 Å². The van der Waals surface area contributed by atoms with Gasteiger partial charge in [0, 0.05) is 23.7 Å². The van der Waals surface area contributed by atoms with Crippen LogP contribution in [0.25, 0.3) is 0 Å². The SMILES string of the molecule is C[C@H](N)c1cc([N+](=O)[O-])ccc1O.Cl. The summed E-state index contributed by atoms with van der Waals surface area (Å²) in [6.07, 6.45) is 0. The van der Waals surface area contributed by atoms with Crippen LogP contribution in [0.1, 0.15) is 18.5 Å². The van der Waals surface area contributed by atoms with E-state index >= 15 is 0 Å². The highest BCUT2D eigenvalue weighted by Gasteiger charge is 2.12. The van der Waals surface area contributed by atoms with Crippen molar-refractivity contribution in [2.24, 2.45) is 5.73 Å². The molecule has 1 atom stereocenters. The first-order valence-electron chi connectivity index (χ1n) is 3.75. The second kappa shape index (κ2) is 4.78. The molecule has 0 amide bonds. The van der Waals surface area contributed by atoms with Crippen molar-refractivity contribution < 1.29 is 10.0 Å². The van der Waals surface area contributed by atoms with Crippen LogP contribution in [0.2, 0.25) is 0 Å². The number of nitro groups is 1. The van der Waals surface area contributed by atoms with Crippen molar-refractivity contribution in [3.8, 4) is 5.75 Å². The monoisotopic (exact) mass is 218 g/mol. The Hall–Kier alpha value is -1.33. The van der Waals surface area contributed by atoms with Gasteiger partial charge in [-0.15, -0.1) is 12.4 Å². The molecule has 78 valence electrons. The van der Waals surface area contributed by atoms with Crippen molar-refractivity contribution in [1.29, 1.82) is 0 Å². The number of benzene rings is 1. The first-order chi connectivity index (χ1) is 6.02. The van der Waals surface area contributed by atoms with Gasteiger partial charge in [-0.25, -0.2) is 0 Å². The molecular weight excluding hydrogens is 208 g/mol. The van der Waals surface area contributed by atoms with Gasteiger partial charge in [-0.3, -0.25) is 10.1 Å². The topological polar surface area (TPSA) is 89.4 Å². The molecule has 0 aliphatic heterocycles. The summed E-state index contributed by atoms with van der Waals surface area (Å²) < 4.78 is 0. The Morgan fingerprint density at radius 1 is 1.57 bits per heavy atom. The van der Waals surface area contributed by atoms with E-state index < -0.39 is 11.0 Å². The first kappa shape index (κ1) is 12.7. The second-order valence-corrected chi connectivity index (χ2v) is 2.79. The third-order valence-electron chi connectivity index (χ3n) is 1.71. The zero-order chi connectivity index (χ0) is 10.0. The lowest BCUT2D eigenvalue weighted by Gasteiger charge is -2.06. The molecule has 5 nitrogen and oxygen atoms in total. The number of nitrogens with zero attached hydrogens (tertiary/aromatic N) is 1. The predicted molar refractivity (Wildman–Crippen MR) is 54.6 cm³/mol. The minimum Gasteiger partial charge on any atom is -0.508 e. The Balaban J connectivity index is 0.00000169. The highest BCUT2D eigenvalue weighted by atomic mass is 35.5. The number of halogens is 1. The molecule has 0 unspecified atom stereocenters. The van der Waals surface area contributed by atoms with Crippen LogP contribution in [0.3, 0.4) is 0 Å². The van der Waals surface area contributed by atoms with Gasteiger partial charge in [0.25, 0.3) is 5.69 Å². The van der Waals surface area contributed by atoms with Crippen molar-refractivity contribution in [3.63, 3.8) is 0 Å². The quantitative estimate of drug-likeness (QED) is 0.585. The molecule has 0 saturated carbocycles. The summed E-state index contributed by atoms with van der Waals surface area (Å²) in [7, 11) is 0. The molecular formula is C8H11ClN2O3. The molecule has 0 aliphatic carbocycles. The van der Waals surface area contributed by atoms with Gasteiger partial charge < -0.3 is 10.8 Å². The highest BCUT2D eigenvalue weighted by Crippen LogP contribution is 2.26. The Bertz CT molecular complexity index is 341. The van der Waals surface area contributed by atoms with E-state index in [9.17, 15) is 15.2 Å². The summed E-state index contributed by atoms with van der Waals surface area (Å²) in [5.74, 6) is -0.0133. The molecule has 0 fully saturated rings. The first-order valence-corrected chi connectivity index (χ1v) is 3.75. The van der Waals surface area contributed by atoms with Gasteiger partial charge >= 0.3 is 0 Å². The van der Waals surface area contributed by atoms with Gasteiger partial charge in [-0.05, 0) is 13.0 Å². The molecule has 0 aliphatic rings. The smallest absolute Gasteiger partial charge is 0.270 e. The van der Waals surface area contributed by atoms with Crippen LogP contribution in [-0.4, -0.2) is 10.0 Å². The Labute approximate surface area is 87.1 Å². The summed E-state index contributed by atoms with van der Waals surface area (Å²) in [6, 6.07) is 3.37. The zero-order valence-corrected chi connectivity index (χ0v) is 8.32. The number of nitro benzene ring substituents is 1. The normalized spacial score (nSPS) is 11.6. The molecule has 3 N–H and O–H groups in total. The number of phenolic OH excluding ortho intramolecular Hbond substituents is 1. The number of non-ortho nitro benzene ring substituents is 1. The molecule has 0 heterocycles. The van der Waals surface area contributed by atoms with E-state index in [0.717, 1.165) is 0 Å². The molecule has 0 spiro atoms. The molecule has 6 heteroatoms. The Morgan fingerprint density at radius 2 is 2.14 bits per heavy atom. The minimum absolute atomic E-state index is 0. The standard InChI is InChI=1S/C8H10N2O3.ClH/c1-5(9)7-4-6(10(12)13)2-3-8(7)11;/h2-5,11H,9H2,1H3;1H/t5-;/m0./s1. The van der Waals surface area contributed by atoms with Crippen molar-refractivity contribution in [2.75, 3.05) is 0 Å². The molecule has 14 heavy (non-hydrogen) atoms. The van der Waals surface area contributed by atoms with Crippen LogP contribution in [0, 0.1) is 10.1 Å². The average Bonchev–Trinajstić information content (AvgIpc) is 2.04. The van der Waals surface area contributed by atoms with E-state index in [2.05, 4.69) is 0 Å². The fraction of sp³-hybridized carbons (Fsp3) is 0.250. The van der Waals surface area contributed by atoms with E-state index in [1.165, 1.54) is 18.2 Å². The third-order valence-corrected chi connectivity index (χ3v) is 1.71. The summed E-state index contributed by atoms with van der Waals surface area (Å²) >= 11 is 0. The van der Waals surface area contributed by atoms with Gasteiger partial charge in [-0.2, -0.15) is 0 Å². The third kappa shape index (κ3) is 2.58. The molecule has 0 aromatic heterocycles.